The quantitative estimate of drug-likeness (QED) is 0.220. The minimum absolute atomic E-state index is 0.157. The third-order valence-electron chi connectivity index (χ3n) is 0.655. The number of quaternary nitrogens is 2. The average molecular weight is 121 g/mol. The molecular formula is C2H7N3OS+2. The van der Waals surface area contributed by atoms with Crippen LogP contribution in [0.25, 0.3) is 0 Å². The predicted molar refractivity (Wildman–Crippen MR) is 25.0 cm³/mol. The van der Waals surface area contributed by atoms with Crippen molar-refractivity contribution in [1.82, 2.24) is 5.53 Å². The molecule has 0 fully saturated rings. The first kappa shape index (κ1) is 5.07. The summed E-state index contributed by atoms with van der Waals surface area (Å²) in [6.45, 7) is 0. The summed E-state index contributed by atoms with van der Waals surface area (Å²) in [5.74, 6) is 0. The molecule has 40 valence electrons. The first-order chi connectivity index (χ1) is 3.29. The molecule has 0 aromatic heterocycles. The van der Waals surface area contributed by atoms with Crippen molar-refractivity contribution in [3.63, 3.8) is 0 Å². The molecule has 0 spiro atoms. The van der Waals surface area contributed by atoms with Crippen LogP contribution in [0, 0.1) is 0 Å². The molecule has 0 aromatic carbocycles. The van der Waals surface area contributed by atoms with E-state index in [0.29, 0.717) is 4.41 Å². The van der Waals surface area contributed by atoms with Crippen LogP contribution in [0.15, 0.2) is 12.4 Å². The highest BCUT2D eigenvalue weighted by Gasteiger charge is 2.14. The number of hydroxylamine groups is 1. The van der Waals surface area contributed by atoms with E-state index in [-0.39, 0.29) is 5.17 Å². The number of thiol groups is 1. The van der Waals surface area contributed by atoms with Gasteiger partial charge in [0.05, 0.1) is 12.8 Å². The van der Waals surface area contributed by atoms with Crippen molar-refractivity contribution in [2.45, 2.75) is 0 Å². The monoisotopic (exact) mass is 121 g/mol. The van der Waals surface area contributed by atoms with Crippen LogP contribution >= 0.6 is 12.8 Å². The molecule has 0 amide bonds. The lowest BCUT2D eigenvalue weighted by molar-refractivity contribution is -1.16. The topological polar surface area (TPSA) is 41.1 Å². The maximum absolute atomic E-state index is 8.55. The van der Waals surface area contributed by atoms with Gasteiger partial charge in [-0.05, 0) is 5.17 Å². The highest BCUT2D eigenvalue weighted by atomic mass is 32.1. The smallest absolute Gasteiger partial charge is 0.188 e. The highest BCUT2D eigenvalue weighted by molar-refractivity contribution is 7.73. The Bertz CT molecular complexity index is 84.9. The van der Waals surface area contributed by atoms with Crippen LogP contribution in [0.1, 0.15) is 0 Å². The second kappa shape index (κ2) is 1.81. The van der Waals surface area contributed by atoms with Gasteiger partial charge in [-0.15, -0.1) is 4.41 Å². The van der Waals surface area contributed by atoms with Crippen LogP contribution in [0.4, 0.5) is 0 Å². The molecule has 1 aliphatic heterocycles. The standard InChI is InChI=1S/C2H5N3OS/c6-4-1-2-5(7)3-4/h1-3,6-7H/p+2. The Hall–Kier alpha value is -0.0700. The van der Waals surface area contributed by atoms with Crippen molar-refractivity contribution in [2.75, 3.05) is 0 Å². The molecule has 2 unspecified atom stereocenters. The van der Waals surface area contributed by atoms with Gasteiger partial charge in [-0.1, -0.05) is 0 Å². The molecule has 0 saturated carbocycles. The van der Waals surface area contributed by atoms with Gasteiger partial charge in [-0.2, -0.15) is 5.21 Å². The van der Waals surface area contributed by atoms with Gasteiger partial charge in [0.1, 0.15) is 0 Å². The first-order valence-electron chi connectivity index (χ1n) is 1.86. The molecule has 4 N–H and O–H groups in total. The van der Waals surface area contributed by atoms with Gasteiger partial charge in [0.25, 0.3) is 0 Å². The third-order valence-corrected chi connectivity index (χ3v) is 0.916. The Kier molecular flexibility index (Phi) is 1.31. The van der Waals surface area contributed by atoms with E-state index in [1.165, 1.54) is 0 Å². The van der Waals surface area contributed by atoms with Gasteiger partial charge in [-0.25, -0.2) is 0 Å². The van der Waals surface area contributed by atoms with E-state index in [1.54, 1.807) is 12.4 Å². The van der Waals surface area contributed by atoms with Gasteiger partial charge < -0.3 is 0 Å². The Morgan fingerprint density at radius 2 is 2.29 bits per heavy atom. The zero-order chi connectivity index (χ0) is 5.28. The van der Waals surface area contributed by atoms with Gasteiger partial charge in [-0.3, -0.25) is 0 Å². The lowest BCUT2D eigenvalue weighted by atomic mass is 11.0. The maximum atomic E-state index is 8.55. The van der Waals surface area contributed by atoms with Crippen LogP contribution in [0.5, 0.6) is 0 Å². The van der Waals surface area contributed by atoms with Gasteiger partial charge >= 0.3 is 0 Å². The molecular weight excluding hydrogens is 114 g/mol. The van der Waals surface area contributed by atoms with Crippen molar-refractivity contribution in [3.05, 3.63) is 12.4 Å². The van der Waals surface area contributed by atoms with Crippen molar-refractivity contribution >= 4 is 12.8 Å². The summed E-state index contributed by atoms with van der Waals surface area (Å²) in [5, 5.41) is 8.71. The zero-order valence-electron chi connectivity index (χ0n) is 3.55. The van der Waals surface area contributed by atoms with E-state index in [0.717, 1.165) is 0 Å². The van der Waals surface area contributed by atoms with Gasteiger partial charge in [0.15, 0.2) is 6.20 Å². The van der Waals surface area contributed by atoms with Crippen molar-refractivity contribution < 1.29 is 14.8 Å². The molecule has 0 radical (unpaired) electrons. The van der Waals surface area contributed by atoms with Crippen LogP contribution in [0.2, 0.25) is 0 Å². The molecule has 5 heteroatoms. The Morgan fingerprint density at radius 1 is 1.57 bits per heavy atom. The average Bonchev–Trinajstić information content (AvgIpc) is 1.87. The van der Waals surface area contributed by atoms with Gasteiger partial charge in [0.2, 0.25) is 6.20 Å². The Morgan fingerprint density at radius 3 is 2.43 bits per heavy atom. The molecule has 2 atom stereocenters. The molecule has 0 aliphatic carbocycles. The number of nitrogens with one attached hydrogen (secondary N) is 3. The summed E-state index contributed by atoms with van der Waals surface area (Å²) in [7, 11) is 0. The van der Waals surface area contributed by atoms with Crippen LogP contribution in [-0.4, -0.2) is 5.21 Å². The van der Waals surface area contributed by atoms with E-state index in [9.17, 15) is 0 Å². The predicted octanol–water partition coefficient (Wildman–Crippen LogP) is -3.11. The van der Waals surface area contributed by atoms with Crippen LogP contribution in [-0.2, 0) is 0 Å². The number of rotatable bonds is 0. The summed E-state index contributed by atoms with van der Waals surface area (Å²) < 4.78 is 0.678. The number of hydrogen-bond donors (Lipinski definition) is 5. The number of hydrogen-bond acceptors (Lipinski definition) is 3. The fraction of sp³-hybridized carbons (Fsp3) is 0. The SMILES string of the molecule is O[NH+]1C=C[NH+](S)N1. The Balaban J connectivity index is 2.42. The normalized spacial score (nSPS) is 39.7. The molecule has 1 aliphatic rings. The van der Waals surface area contributed by atoms with Gasteiger partial charge in [0, 0.05) is 5.53 Å². The van der Waals surface area contributed by atoms with E-state index in [4.69, 9.17) is 5.21 Å². The van der Waals surface area contributed by atoms with E-state index in [2.05, 4.69) is 18.3 Å². The molecule has 0 saturated heterocycles. The maximum Gasteiger partial charge on any atom is 0.208 e. The van der Waals surface area contributed by atoms with Crippen molar-refractivity contribution in [2.24, 2.45) is 0 Å². The molecule has 0 bridgehead atoms. The zero-order valence-corrected chi connectivity index (χ0v) is 4.44. The fourth-order valence-electron chi connectivity index (χ4n) is 0.372. The molecule has 4 nitrogen and oxygen atoms in total. The fourth-order valence-corrected chi connectivity index (χ4v) is 0.562. The summed E-state index contributed by atoms with van der Waals surface area (Å²) in [6, 6.07) is 0. The highest BCUT2D eigenvalue weighted by Crippen LogP contribution is 1.49. The minimum atomic E-state index is 0.157. The third kappa shape index (κ3) is 1.15. The molecule has 0 aromatic rings. The second-order valence-corrected chi connectivity index (χ2v) is 1.71. The minimum Gasteiger partial charge on any atom is -0.188 e. The summed E-state index contributed by atoms with van der Waals surface area (Å²) in [5.41, 5.74) is 2.56. The molecule has 7 heavy (non-hydrogen) atoms. The second-order valence-electron chi connectivity index (χ2n) is 1.23. The molecule has 1 rings (SSSR count). The van der Waals surface area contributed by atoms with E-state index >= 15 is 0 Å². The Labute approximate surface area is 46.5 Å². The van der Waals surface area contributed by atoms with E-state index < -0.39 is 0 Å². The molecule has 1 heterocycles. The summed E-state index contributed by atoms with van der Waals surface area (Å²) in [4.78, 5) is 0. The van der Waals surface area contributed by atoms with Crippen LogP contribution < -0.4 is 15.1 Å². The lowest BCUT2D eigenvalue weighted by Gasteiger charge is -1.96. The summed E-state index contributed by atoms with van der Waals surface area (Å²) in [6.07, 6.45) is 3.22. The van der Waals surface area contributed by atoms with E-state index in [1.807, 2.05) is 0 Å². The first-order valence-corrected chi connectivity index (χ1v) is 2.31. The van der Waals surface area contributed by atoms with Crippen LogP contribution in [0.3, 0.4) is 0 Å². The summed E-state index contributed by atoms with van der Waals surface area (Å²) >= 11 is 3.89. The largest absolute Gasteiger partial charge is 0.208 e. The van der Waals surface area contributed by atoms with Crippen molar-refractivity contribution in [1.29, 1.82) is 0 Å². The van der Waals surface area contributed by atoms with Crippen molar-refractivity contribution in [3.8, 4) is 0 Å². The lowest BCUT2D eigenvalue weighted by Crippen LogP contribution is -3.27.